The number of nitrogens with zero attached hydrogens (tertiary/aromatic N) is 5. The second-order valence-corrected chi connectivity index (χ2v) is 16.4. The lowest BCUT2D eigenvalue weighted by Gasteiger charge is -2.39. The predicted molar refractivity (Wildman–Crippen MR) is 205 cm³/mol. The number of amides is 1. The fourth-order valence-corrected chi connectivity index (χ4v) is 9.16. The number of benzene rings is 4. The first-order chi connectivity index (χ1) is 25.9. The van der Waals surface area contributed by atoms with E-state index in [2.05, 4.69) is 14.9 Å². The number of piperazine rings is 1. The number of fused-ring (bicyclic) bond motifs is 2. The van der Waals surface area contributed by atoms with Gasteiger partial charge in [0.1, 0.15) is 11.8 Å². The summed E-state index contributed by atoms with van der Waals surface area (Å²) in [5, 5.41) is 1.89. The van der Waals surface area contributed by atoms with Crippen molar-refractivity contribution in [1.29, 1.82) is 0 Å². The summed E-state index contributed by atoms with van der Waals surface area (Å²) in [6.45, 7) is 3.21. The number of likely N-dealkylation sites (N-methyl/N-ethyl adjacent to an activating group) is 1. The maximum atomic E-state index is 14.4. The quantitative estimate of drug-likeness (QED) is 0.125. The molecule has 1 unspecified atom stereocenters. The molecule has 1 atom stereocenters. The lowest BCUT2D eigenvalue weighted by Crippen LogP contribution is -2.56. The van der Waals surface area contributed by atoms with Gasteiger partial charge in [0.25, 0.3) is 10.0 Å². The molecule has 1 aliphatic rings. The van der Waals surface area contributed by atoms with Crippen molar-refractivity contribution in [3.63, 3.8) is 0 Å². The molecule has 0 radical (unpaired) electrons. The number of carbonyl (C=O) groups excluding carboxylic acids is 2. The van der Waals surface area contributed by atoms with Crippen LogP contribution in [0.25, 0.3) is 21.5 Å². The zero-order valence-corrected chi connectivity index (χ0v) is 31.2. The van der Waals surface area contributed by atoms with Crippen LogP contribution in [-0.2, 0) is 31.4 Å². The van der Waals surface area contributed by atoms with Crippen LogP contribution < -0.4 is 9.08 Å². The minimum Gasteiger partial charge on any atom is -0.378 e. The van der Waals surface area contributed by atoms with Gasteiger partial charge in [-0.2, -0.15) is 12.7 Å². The van der Waals surface area contributed by atoms with Crippen LogP contribution in [-0.4, -0.2) is 87.0 Å². The van der Waals surface area contributed by atoms with Gasteiger partial charge in [-0.05, 0) is 78.2 Å². The van der Waals surface area contributed by atoms with Crippen molar-refractivity contribution in [3.8, 4) is 5.75 Å². The number of rotatable bonds is 11. The molecule has 0 N–H and O–H groups in total. The van der Waals surface area contributed by atoms with E-state index in [0.717, 1.165) is 9.99 Å². The van der Waals surface area contributed by atoms with Crippen molar-refractivity contribution in [2.45, 2.75) is 29.4 Å². The van der Waals surface area contributed by atoms with E-state index in [1.807, 2.05) is 18.2 Å². The maximum Gasteiger partial charge on any atom is 0.357 e. The third kappa shape index (κ3) is 7.40. The minimum atomic E-state index is -4.30. The third-order valence-corrected chi connectivity index (χ3v) is 12.7. The molecule has 2 aromatic heterocycles. The zero-order valence-electron chi connectivity index (χ0n) is 29.6. The van der Waals surface area contributed by atoms with E-state index in [-0.39, 0.29) is 33.9 Å². The molecule has 0 spiro atoms. The molecule has 1 fully saturated rings. The summed E-state index contributed by atoms with van der Waals surface area (Å²) in [6.07, 6.45) is 2.83. The van der Waals surface area contributed by atoms with Crippen molar-refractivity contribution >= 4 is 59.1 Å². The molecule has 276 valence electrons. The second-order valence-electron chi connectivity index (χ2n) is 13.0. The van der Waals surface area contributed by atoms with Crippen LogP contribution in [0.3, 0.4) is 0 Å². The summed E-state index contributed by atoms with van der Waals surface area (Å²) < 4.78 is 61.7. The molecule has 1 amide bonds. The Balaban J connectivity index is 1.14. The van der Waals surface area contributed by atoms with Crippen molar-refractivity contribution in [2.75, 3.05) is 38.1 Å². The number of ketones is 1. The smallest absolute Gasteiger partial charge is 0.357 e. The fourth-order valence-electron chi connectivity index (χ4n) is 6.64. The predicted octanol–water partition coefficient (Wildman–Crippen LogP) is 5.33. The summed E-state index contributed by atoms with van der Waals surface area (Å²) in [4.78, 5) is 38.3. The standard InChI is InChI=1S/C40H37N5O7S2/c1-28(46)30-13-15-33(16-14-30)44-23-25-45(26-24-44)40(47)37(43(2)53(48,49)38-35-9-5-3-7-31(35)19-21-41-38)27-29-11-17-34(18-12-29)52-54(50,51)39-36-10-6-4-8-32(36)20-22-42-39/h3-22,37H,23-27H2,1-2H3. The van der Waals surface area contributed by atoms with Gasteiger partial charge in [-0.25, -0.2) is 18.4 Å². The van der Waals surface area contributed by atoms with E-state index in [1.165, 1.54) is 38.5 Å². The molecule has 4 aromatic carbocycles. The molecular formula is C40H37N5O7S2. The van der Waals surface area contributed by atoms with Crippen LogP contribution in [0.5, 0.6) is 5.75 Å². The Morgan fingerprint density at radius 2 is 1.28 bits per heavy atom. The van der Waals surface area contributed by atoms with Crippen molar-refractivity contribution in [3.05, 3.63) is 133 Å². The Morgan fingerprint density at radius 3 is 1.87 bits per heavy atom. The number of anilines is 1. The van der Waals surface area contributed by atoms with Gasteiger partial charge in [-0.1, -0.05) is 60.7 Å². The van der Waals surface area contributed by atoms with Gasteiger partial charge in [0.2, 0.25) is 10.9 Å². The average molecular weight is 764 g/mol. The van der Waals surface area contributed by atoms with E-state index >= 15 is 0 Å². The highest BCUT2D eigenvalue weighted by atomic mass is 32.2. The van der Waals surface area contributed by atoms with Gasteiger partial charge in [0.05, 0.1) is 0 Å². The average Bonchev–Trinajstić information content (AvgIpc) is 3.19. The monoisotopic (exact) mass is 763 g/mol. The number of hydrogen-bond donors (Lipinski definition) is 0. The molecule has 54 heavy (non-hydrogen) atoms. The van der Waals surface area contributed by atoms with Gasteiger partial charge >= 0.3 is 10.1 Å². The van der Waals surface area contributed by atoms with Crippen LogP contribution in [0.15, 0.2) is 132 Å². The molecule has 0 aliphatic carbocycles. The number of sulfonamides is 1. The van der Waals surface area contributed by atoms with Crippen LogP contribution in [0.1, 0.15) is 22.8 Å². The van der Waals surface area contributed by atoms with Gasteiger partial charge in [0, 0.05) is 67.6 Å². The molecule has 1 aliphatic heterocycles. The first-order valence-corrected chi connectivity index (χ1v) is 20.1. The first-order valence-electron chi connectivity index (χ1n) is 17.3. The normalized spacial score (nSPS) is 14.4. The van der Waals surface area contributed by atoms with E-state index in [1.54, 1.807) is 83.8 Å². The van der Waals surface area contributed by atoms with Crippen LogP contribution in [0, 0.1) is 0 Å². The highest BCUT2D eigenvalue weighted by molar-refractivity contribution is 7.89. The van der Waals surface area contributed by atoms with Gasteiger partial charge in [0.15, 0.2) is 10.8 Å². The number of pyridine rings is 2. The molecule has 1 saturated heterocycles. The second kappa shape index (κ2) is 15.0. The molecule has 12 nitrogen and oxygen atoms in total. The Hall–Kier alpha value is -5.70. The van der Waals surface area contributed by atoms with Crippen LogP contribution >= 0.6 is 0 Å². The SMILES string of the molecule is CC(=O)c1ccc(N2CCN(C(=O)C(Cc3ccc(OS(=O)(=O)c4nccc5ccccc45)cc3)N(C)S(=O)(=O)c3nccc4ccccc34)CC2)cc1. The highest BCUT2D eigenvalue weighted by Crippen LogP contribution is 2.28. The summed E-state index contributed by atoms with van der Waals surface area (Å²) in [5.41, 5.74) is 2.12. The Morgan fingerprint density at radius 1 is 0.722 bits per heavy atom. The minimum absolute atomic E-state index is 0.00996. The number of carbonyl (C=O) groups is 2. The first kappa shape index (κ1) is 36.6. The lowest BCUT2D eigenvalue weighted by molar-refractivity contribution is -0.135. The van der Waals surface area contributed by atoms with Crippen molar-refractivity contribution < 1.29 is 30.6 Å². The lowest BCUT2D eigenvalue weighted by atomic mass is 10.0. The summed E-state index contributed by atoms with van der Waals surface area (Å²) >= 11 is 0. The molecule has 7 rings (SSSR count). The Bertz CT molecular complexity index is 2560. The van der Waals surface area contributed by atoms with E-state index < -0.39 is 26.2 Å². The molecule has 6 aromatic rings. The number of aromatic nitrogens is 2. The zero-order chi connectivity index (χ0) is 38.0. The topological polar surface area (TPSA) is 147 Å². The number of hydrogen-bond acceptors (Lipinski definition) is 10. The maximum absolute atomic E-state index is 14.4. The molecular weight excluding hydrogens is 727 g/mol. The van der Waals surface area contributed by atoms with Gasteiger partial charge in [-0.15, -0.1) is 0 Å². The van der Waals surface area contributed by atoms with Crippen molar-refractivity contribution in [2.24, 2.45) is 0 Å². The van der Waals surface area contributed by atoms with Gasteiger partial charge < -0.3 is 14.0 Å². The van der Waals surface area contributed by atoms with Crippen molar-refractivity contribution in [1.82, 2.24) is 19.2 Å². The highest BCUT2D eigenvalue weighted by Gasteiger charge is 2.38. The van der Waals surface area contributed by atoms with E-state index in [9.17, 15) is 26.4 Å². The van der Waals surface area contributed by atoms with E-state index in [0.29, 0.717) is 58.9 Å². The van der Waals surface area contributed by atoms with Crippen LogP contribution in [0.2, 0.25) is 0 Å². The molecule has 3 heterocycles. The van der Waals surface area contributed by atoms with Crippen LogP contribution in [0.4, 0.5) is 5.69 Å². The molecule has 0 bridgehead atoms. The van der Waals surface area contributed by atoms with E-state index in [4.69, 9.17) is 4.18 Å². The molecule has 14 heteroatoms. The number of Topliss-reactive ketones (excluding diaryl/α,β-unsaturated/α-hetero) is 1. The summed E-state index contributed by atoms with van der Waals surface area (Å²) in [6, 6.07) is 29.7. The molecule has 0 saturated carbocycles. The largest absolute Gasteiger partial charge is 0.378 e. The summed E-state index contributed by atoms with van der Waals surface area (Å²) in [7, 11) is -7.21. The summed E-state index contributed by atoms with van der Waals surface area (Å²) in [5.74, 6) is -0.367. The fraction of sp³-hybridized carbons (Fsp3) is 0.200. The Kier molecular flexibility index (Phi) is 10.2. The van der Waals surface area contributed by atoms with Gasteiger partial charge in [-0.3, -0.25) is 9.59 Å². The Labute approximate surface area is 313 Å². The third-order valence-electron chi connectivity index (χ3n) is 9.65.